The molecule has 0 radical (unpaired) electrons. The van der Waals surface area contributed by atoms with Crippen LogP contribution in [0.4, 0.5) is 5.82 Å². The molecule has 0 amide bonds. The summed E-state index contributed by atoms with van der Waals surface area (Å²) in [6.45, 7) is 9.08. The molecule has 1 aliphatic rings. The van der Waals surface area contributed by atoms with Gasteiger partial charge in [0.25, 0.3) is 0 Å². The Morgan fingerprint density at radius 3 is 2.52 bits per heavy atom. The lowest BCUT2D eigenvalue weighted by atomic mass is 10.2. The van der Waals surface area contributed by atoms with Crippen LogP contribution in [0.1, 0.15) is 12.5 Å². The summed E-state index contributed by atoms with van der Waals surface area (Å²) in [5.41, 5.74) is 1.11. The zero-order chi connectivity index (χ0) is 21.2. The summed E-state index contributed by atoms with van der Waals surface area (Å²) in [5, 5.41) is 3.36. The topological polar surface area (TPSA) is 56.2 Å². The van der Waals surface area contributed by atoms with E-state index in [9.17, 15) is 0 Å². The van der Waals surface area contributed by atoms with Gasteiger partial charge in [-0.05, 0) is 37.7 Å². The van der Waals surface area contributed by atoms with Crippen molar-refractivity contribution in [3.05, 3.63) is 54.2 Å². The van der Waals surface area contributed by atoms with Gasteiger partial charge in [0.05, 0.1) is 13.1 Å². The summed E-state index contributed by atoms with van der Waals surface area (Å²) < 4.78 is 5.80. The fraction of sp³-hybridized carbons (Fsp3) is 0.478. The van der Waals surface area contributed by atoms with Crippen LogP contribution in [0.15, 0.2) is 53.7 Å². The van der Waals surface area contributed by atoms with Crippen LogP contribution in [0.5, 0.6) is 5.75 Å². The van der Waals surface area contributed by atoms with Gasteiger partial charge in [-0.3, -0.25) is 0 Å². The molecule has 1 saturated heterocycles. The number of ether oxygens (including phenoxy) is 1. The highest BCUT2D eigenvalue weighted by Gasteiger charge is 2.15. The van der Waals surface area contributed by atoms with Crippen molar-refractivity contribution in [1.29, 1.82) is 0 Å². The summed E-state index contributed by atoms with van der Waals surface area (Å²) >= 11 is 0. The maximum atomic E-state index is 5.80. The van der Waals surface area contributed by atoms with Gasteiger partial charge in [-0.2, -0.15) is 0 Å². The maximum Gasteiger partial charge on any atom is 0.194 e. The lowest BCUT2D eigenvalue weighted by molar-refractivity contribution is 0.281. The first kappa shape index (κ1) is 25.2. The van der Waals surface area contributed by atoms with Gasteiger partial charge in [0, 0.05) is 46.0 Å². The smallest absolute Gasteiger partial charge is 0.194 e. The minimum atomic E-state index is 0. The van der Waals surface area contributed by atoms with E-state index in [4.69, 9.17) is 9.73 Å². The number of pyridine rings is 1. The summed E-state index contributed by atoms with van der Waals surface area (Å²) in [6.07, 6.45) is 1.94. The number of piperazine rings is 1. The molecule has 2 heterocycles. The third kappa shape index (κ3) is 8.17. The van der Waals surface area contributed by atoms with Crippen LogP contribution < -0.4 is 15.0 Å². The number of hydrogen-bond acceptors (Lipinski definition) is 5. The molecule has 1 aliphatic heterocycles. The van der Waals surface area contributed by atoms with Crippen LogP contribution in [0.2, 0.25) is 0 Å². The molecular weight excluding hydrogens is 503 g/mol. The minimum absolute atomic E-state index is 0. The number of halogens is 1. The Bertz CT molecular complexity index is 778. The lowest BCUT2D eigenvalue weighted by Crippen LogP contribution is -2.44. The standard InChI is InChI=1S/C23H34N6O.HI/c1-4-24-23(28(3)16-17-30-21-8-6-5-7-9-21)26-19-20-10-11-22(25-18-20)29-14-12-27(2)13-15-29;/h5-11,18H,4,12-17,19H2,1-3H3,(H,24,26);1H. The summed E-state index contributed by atoms with van der Waals surface area (Å²) in [5.74, 6) is 2.81. The Morgan fingerprint density at radius 2 is 1.87 bits per heavy atom. The van der Waals surface area contributed by atoms with Crippen LogP contribution in [-0.2, 0) is 6.54 Å². The predicted octanol–water partition coefficient (Wildman–Crippen LogP) is 2.93. The fourth-order valence-corrected chi connectivity index (χ4v) is 3.29. The Morgan fingerprint density at radius 1 is 1.13 bits per heavy atom. The number of aromatic nitrogens is 1. The number of para-hydroxylation sites is 1. The van der Waals surface area contributed by atoms with Gasteiger partial charge >= 0.3 is 0 Å². The molecule has 8 heteroatoms. The van der Waals surface area contributed by atoms with Crippen LogP contribution in [0.3, 0.4) is 0 Å². The largest absolute Gasteiger partial charge is 0.492 e. The molecular formula is C23H35IN6O. The van der Waals surface area contributed by atoms with Crippen molar-refractivity contribution in [1.82, 2.24) is 20.1 Å². The second kappa shape index (κ2) is 13.4. The number of rotatable bonds is 8. The first-order chi connectivity index (χ1) is 14.7. The van der Waals surface area contributed by atoms with Crippen molar-refractivity contribution in [3.63, 3.8) is 0 Å². The molecule has 7 nitrogen and oxygen atoms in total. The molecule has 1 fully saturated rings. The molecule has 170 valence electrons. The number of nitrogens with one attached hydrogen (secondary N) is 1. The van der Waals surface area contributed by atoms with Crippen LogP contribution in [0, 0.1) is 0 Å². The van der Waals surface area contributed by atoms with Gasteiger partial charge < -0.3 is 24.8 Å². The molecule has 0 aliphatic carbocycles. The first-order valence-electron chi connectivity index (χ1n) is 10.7. The number of anilines is 1. The molecule has 0 saturated carbocycles. The molecule has 1 N–H and O–H groups in total. The second-order valence-electron chi connectivity index (χ2n) is 7.57. The molecule has 1 aromatic carbocycles. The lowest BCUT2D eigenvalue weighted by Gasteiger charge is -2.33. The van der Waals surface area contributed by atoms with Gasteiger partial charge in [0.15, 0.2) is 5.96 Å². The maximum absolute atomic E-state index is 5.80. The van der Waals surface area contributed by atoms with Crippen molar-refractivity contribution >= 4 is 35.8 Å². The average molecular weight is 538 g/mol. The molecule has 0 atom stereocenters. The third-order valence-electron chi connectivity index (χ3n) is 5.18. The first-order valence-corrected chi connectivity index (χ1v) is 10.7. The van der Waals surface area contributed by atoms with E-state index in [1.807, 2.05) is 43.6 Å². The highest BCUT2D eigenvalue weighted by atomic mass is 127. The highest BCUT2D eigenvalue weighted by molar-refractivity contribution is 14.0. The van der Waals surface area contributed by atoms with Gasteiger partial charge in [0.1, 0.15) is 18.2 Å². The quantitative estimate of drug-likeness (QED) is 0.317. The molecule has 0 bridgehead atoms. The number of benzene rings is 1. The van der Waals surface area contributed by atoms with Crippen molar-refractivity contribution in [3.8, 4) is 5.75 Å². The van der Waals surface area contributed by atoms with E-state index in [-0.39, 0.29) is 24.0 Å². The van der Waals surface area contributed by atoms with Gasteiger partial charge in [-0.1, -0.05) is 24.3 Å². The number of guanidine groups is 1. The fourth-order valence-electron chi connectivity index (χ4n) is 3.29. The zero-order valence-electron chi connectivity index (χ0n) is 18.8. The molecule has 0 spiro atoms. The van der Waals surface area contributed by atoms with Crippen molar-refractivity contribution in [2.24, 2.45) is 4.99 Å². The van der Waals surface area contributed by atoms with Crippen molar-refractivity contribution in [2.45, 2.75) is 13.5 Å². The Balaban J connectivity index is 0.00000341. The molecule has 2 aromatic rings. The highest BCUT2D eigenvalue weighted by Crippen LogP contribution is 2.14. The number of aliphatic imine (C=N–C) groups is 1. The van der Waals surface area contributed by atoms with Gasteiger partial charge in [-0.25, -0.2) is 9.98 Å². The SMILES string of the molecule is CCNC(=NCc1ccc(N2CCN(C)CC2)nc1)N(C)CCOc1ccccc1.I. The predicted molar refractivity (Wildman–Crippen MR) is 139 cm³/mol. The van der Waals surface area contributed by atoms with E-state index in [1.165, 1.54) is 0 Å². The second-order valence-corrected chi connectivity index (χ2v) is 7.57. The van der Waals surface area contributed by atoms with Gasteiger partial charge in [0.2, 0.25) is 0 Å². The Kier molecular flexibility index (Phi) is 10.9. The monoisotopic (exact) mass is 538 g/mol. The molecule has 0 unspecified atom stereocenters. The summed E-state index contributed by atoms with van der Waals surface area (Å²) in [6, 6.07) is 14.1. The normalized spacial score (nSPS) is 14.7. The van der Waals surface area contributed by atoms with Crippen LogP contribution >= 0.6 is 24.0 Å². The number of nitrogens with zero attached hydrogens (tertiary/aromatic N) is 5. The minimum Gasteiger partial charge on any atom is -0.492 e. The average Bonchev–Trinajstić information content (AvgIpc) is 2.78. The van der Waals surface area contributed by atoms with Crippen molar-refractivity contribution < 1.29 is 4.74 Å². The third-order valence-corrected chi connectivity index (χ3v) is 5.18. The van der Waals surface area contributed by atoms with Crippen LogP contribution in [0.25, 0.3) is 0 Å². The van der Waals surface area contributed by atoms with E-state index < -0.39 is 0 Å². The van der Waals surface area contributed by atoms with Crippen LogP contribution in [-0.4, -0.2) is 80.7 Å². The Hall–Kier alpha value is -2.07. The molecule has 1 aromatic heterocycles. The molecule has 31 heavy (non-hydrogen) atoms. The van der Waals surface area contributed by atoms with E-state index in [2.05, 4.69) is 51.1 Å². The number of likely N-dealkylation sites (N-methyl/N-ethyl adjacent to an activating group) is 2. The van der Waals surface area contributed by atoms with E-state index >= 15 is 0 Å². The summed E-state index contributed by atoms with van der Waals surface area (Å²) in [7, 11) is 4.20. The Labute approximate surface area is 203 Å². The number of hydrogen-bond donors (Lipinski definition) is 1. The zero-order valence-corrected chi connectivity index (χ0v) is 21.2. The van der Waals surface area contributed by atoms with E-state index in [1.54, 1.807) is 0 Å². The van der Waals surface area contributed by atoms with E-state index in [0.29, 0.717) is 13.2 Å². The molecule has 3 rings (SSSR count). The van der Waals surface area contributed by atoms with Crippen molar-refractivity contribution in [2.75, 3.05) is 64.9 Å². The van der Waals surface area contributed by atoms with Gasteiger partial charge in [-0.15, -0.1) is 24.0 Å². The van der Waals surface area contributed by atoms with E-state index in [0.717, 1.165) is 62.4 Å². The summed E-state index contributed by atoms with van der Waals surface area (Å²) in [4.78, 5) is 16.2.